The second-order valence-corrected chi connectivity index (χ2v) is 7.99. The van der Waals surface area contributed by atoms with E-state index in [-0.39, 0.29) is 22.9 Å². The van der Waals surface area contributed by atoms with E-state index >= 15 is 0 Å². The number of nitrogens with one attached hydrogen (secondary N) is 1. The van der Waals surface area contributed by atoms with Gasteiger partial charge < -0.3 is 14.8 Å². The van der Waals surface area contributed by atoms with Gasteiger partial charge in [0.15, 0.2) is 0 Å². The molecular weight excluding hydrogens is 334 g/mol. The van der Waals surface area contributed by atoms with E-state index in [9.17, 15) is 9.59 Å². The van der Waals surface area contributed by atoms with Crippen molar-refractivity contribution in [1.29, 1.82) is 0 Å². The molecule has 2 fully saturated rings. The molecule has 0 radical (unpaired) electrons. The minimum atomic E-state index is -0.145. The van der Waals surface area contributed by atoms with Gasteiger partial charge in [0, 0.05) is 25.7 Å². The van der Waals surface area contributed by atoms with Gasteiger partial charge in [-0.15, -0.1) is 0 Å². The average molecular weight is 357 g/mol. The van der Waals surface area contributed by atoms with Gasteiger partial charge in [-0.3, -0.25) is 9.59 Å². The van der Waals surface area contributed by atoms with Crippen LogP contribution in [-0.2, 0) is 13.6 Å². The van der Waals surface area contributed by atoms with Gasteiger partial charge in [-0.2, -0.15) is 11.3 Å². The van der Waals surface area contributed by atoms with E-state index in [2.05, 4.69) is 16.8 Å². The molecule has 2 aliphatic rings. The Labute approximate surface area is 151 Å². The maximum atomic E-state index is 13.3. The van der Waals surface area contributed by atoms with Crippen LogP contribution >= 0.6 is 11.3 Å². The number of nitrogens with zero attached hydrogens (tertiary/aromatic N) is 2. The first-order chi connectivity index (χ1) is 12.1. The summed E-state index contributed by atoms with van der Waals surface area (Å²) >= 11 is 1.65. The zero-order chi connectivity index (χ0) is 17.4. The summed E-state index contributed by atoms with van der Waals surface area (Å²) in [6.45, 7) is 2.67. The van der Waals surface area contributed by atoms with Crippen molar-refractivity contribution in [2.75, 3.05) is 13.1 Å². The van der Waals surface area contributed by atoms with Crippen molar-refractivity contribution in [3.8, 4) is 0 Å². The number of hydrogen-bond acceptors (Lipinski definition) is 4. The van der Waals surface area contributed by atoms with Gasteiger partial charge >= 0.3 is 0 Å². The number of carbonyl (C=O) groups is 1. The lowest BCUT2D eigenvalue weighted by molar-refractivity contribution is 0.0681. The van der Waals surface area contributed by atoms with Gasteiger partial charge in [0.05, 0.1) is 0 Å². The highest BCUT2D eigenvalue weighted by Crippen LogP contribution is 2.56. The van der Waals surface area contributed by atoms with Crippen molar-refractivity contribution >= 4 is 17.2 Å². The van der Waals surface area contributed by atoms with Crippen LogP contribution in [0.4, 0.5) is 0 Å². The number of hydrogen-bond donors (Lipinski definition) is 1. The summed E-state index contributed by atoms with van der Waals surface area (Å²) in [4.78, 5) is 27.3. The molecule has 1 unspecified atom stereocenters. The van der Waals surface area contributed by atoms with Crippen LogP contribution in [0.5, 0.6) is 0 Å². The fraction of sp³-hybridized carbons (Fsp3) is 0.474. The normalized spacial score (nSPS) is 21.2. The van der Waals surface area contributed by atoms with Crippen molar-refractivity contribution in [3.05, 3.63) is 56.6 Å². The molecule has 3 heterocycles. The minimum absolute atomic E-state index is 0.0354. The highest BCUT2D eigenvalue weighted by Gasteiger charge is 2.57. The molecule has 2 aromatic rings. The Balaban J connectivity index is 1.64. The van der Waals surface area contributed by atoms with Crippen molar-refractivity contribution in [2.24, 2.45) is 12.5 Å². The first-order valence-corrected chi connectivity index (χ1v) is 9.74. The smallest absolute Gasteiger partial charge is 0.271 e. The standard InChI is InChI=1S/C19H23N3O2S/c1-21-15(3-2-4-17(21)23)18(24)22(12-14-5-10-25-13-14)16-11-19(16)6-8-20-9-7-19/h2-5,10,13,16,20H,6-9,11-12H2,1H3. The van der Waals surface area contributed by atoms with Crippen molar-refractivity contribution in [3.63, 3.8) is 0 Å². The Bertz CT molecular complexity index is 821. The molecule has 4 rings (SSSR count). The van der Waals surface area contributed by atoms with Crippen molar-refractivity contribution in [2.45, 2.75) is 31.8 Å². The van der Waals surface area contributed by atoms with Crippen LogP contribution < -0.4 is 10.9 Å². The SMILES string of the molecule is Cn1c(C(=O)N(Cc2ccsc2)C2CC23CCNCC3)cccc1=O. The number of thiophene rings is 1. The summed E-state index contributed by atoms with van der Waals surface area (Å²) in [5, 5.41) is 7.56. The quantitative estimate of drug-likeness (QED) is 0.913. The van der Waals surface area contributed by atoms with E-state index in [4.69, 9.17) is 0 Å². The predicted molar refractivity (Wildman–Crippen MR) is 98.8 cm³/mol. The number of aromatic nitrogens is 1. The van der Waals surface area contributed by atoms with Crippen molar-refractivity contribution < 1.29 is 4.79 Å². The van der Waals surface area contributed by atoms with E-state index < -0.39 is 0 Å². The van der Waals surface area contributed by atoms with Crippen LogP contribution in [0.25, 0.3) is 0 Å². The van der Waals surface area contributed by atoms with Gasteiger partial charge in [0.25, 0.3) is 11.5 Å². The number of piperidine rings is 1. The lowest BCUT2D eigenvalue weighted by atomic mass is 9.93. The molecule has 0 bridgehead atoms. The maximum absolute atomic E-state index is 13.3. The summed E-state index contributed by atoms with van der Waals surface area (Å²) in [6.07, 6.45) is 3.32. The second kappa shape index (κ2) is 6.42. The molecule has 5 nitrogen and oxygen atoms in total. The molecule has 1 aliphatic carbocycles. The number of carbonyl (C=O) groups excluding carboxylic acids is 1. The molecule has 1 spiro atoms. The second-order valence-electron chi connectivity index (χ2n) is 7.21. The van der Waals surface area contributed by atoms with E-state index in [1.807, 2.05) is 10.3 Å². The maximum Gasteiger partial charge on any atom is 0.271 e. The van der Waals surface area contributed by atoms with Crippen LogP contribution in [0.1, 0.15) is 35.3 Å². The summed E-state index contributed by atoms with van der Waals surface area (Å²) in [5.74, 6) is -0.0354. The lowest BCUT2D eigenvalue weighted by Crippen LogP contribution is -2.40. The summed E-state index contributed by atoms with van der Waals surface area (Å²) < 4.78 is 1.46. The van der Waals surface area contributed by atoms with Gasteiger partial charge in [0.1, 0.15) is 5.69 Å². The van der Waals surface area contributed by atoms with E-state index in [1.54, 1.807) is 30.5 Å². The Morgan fingerprint density at radius 2 is 2.16 bits per heavy atom. The summed E-state index contributed by atoms with van der Waals surface area (Å²) in [6, 6.07) is 7.27. The number of pyridine rings is 1. The molecule has 1 atom stereocenters. The molecule has 25 heavy (non-hydrogen) atoms. The fourth-order valence-corrected chi connectivity index (χ4v) is 4.72. The Kier molecular flexibility index (Phi) is 4.25. The fourth-order valence-electron chi connectivity index (χ4n) is 4.06. The molecule has 1 amide bonds. The molecule has 1 saturated heterocycles. The van der Waals surface area contributed by atoms with E-state index in [1.165, 1.54) is 10.6 Å². The third kappa shape index (κ3) is 3.04. The largest absolute Gasteiger partial charge is 0.329 e. The van der Waals surface area contributed by atoms with Crippen LogP contribution in [0, 0.1) is 5.41 Å². The van der Waals surface area contributed by atoms with E-state index in [0.717, 1.165) is 37.9 Å². The highest BCUT2D eigenvalue weighted by atomic mass is 32.1. The molecule has 132 valence electrons. The summed E-state index contributed by atoms with van der Waals surface area (Å²) in [5.41, 5.74) is 1.76. The van der Waals surface area contributed by atoms with Crippen LogP contribution in [0.15, 0.2) is 39.8 Å². The topological polar surface area (TPSA) is 54.3 Å². The summed E-state index contributed by atoms with van der Waals surface area (Å²) in [7, 11) is 1.67. The first kappa shape index (κ1) is 16.5. The molecule has 1 aliphatic heterocycles. The van der Waals surface area contributed by atoms with Gasteiger partial charge in [-0.05, 0) is 66.2 Å². The first-order valence-electron chi connectivity index (χ1n) is 8.80. The monoisotopic (exact) mass is 357 g/mol. The Morgan fingerprint density at radius 1 is 1.36 bits per heavy atom. The van der Waals surface area contributed by atoms with Crippen LogP contribution in [0.3, 0.4) is 0 Å². The van der Waals surface area contributed by atoms with Gasteiger partial charge in [-0.1, -0.05) is 6.07 Å². The van der Waals surface area contributed by atoms with E-state index in [0.29, 0.717) is 12.2 Å². The average Bonchev–Trinajstić information content (AvgIpc) is 3.06. The Hall–Kier alpha value is -1.92. The molecule has 6 heteroatoms. The van der Waals surface area contributed by atoms with Crippen molar-refractivity contribution in [1.82, 2.24) is 14.8 Å². The third-order valence-corrected chi connectivity index (χ3v) is 6.45. The van der Waals surface area contributed by atoms with Gasteiger partial charge in [0.2, 0.25) is 0 Å². The van der Waals surface area contributed by atoms with Crippen LogP contribution in [0.2, 0.25) is 0 Å². The third-order valence-electron chi connectivity index (χ3n) is 5.72. The lowest BCUT2D eigenvalue weighted by Gasteiger charge is -2.30. The molecule has 2 aromatic heterocycles. The predicted octanol–water partition coefficient (Wildman–Crippen LogP) is 2.23. The minimum Gasteiger partial charge on any atom is -0.329 e. The zero-order valence-corrected chi connectivity index (χ0v) is 15.2. The zero-order valence-electron chi connectivity index (χ0n) is 14.4. The number of rotatable bonds is 4. The molecule has 1 saturated carbocycles. The molecule has 1 N–H and O–H groups in total. The Morgan fingerprint density at radius 3 is 2.88 bits per heavy atom. The van der Waals surface area contributed by atoms with Crippen LogP contribution in [-0.4, -0.2) is 34.5 Å². The number of amides is 1. The highest BCUT2D eigenvalue weighted by molar-refractivity contribution is 7.07. The molecule has 0 aromatic carbocycles. The van der Waals surface area contributed by atoms with Gasteiger partial charge in [-0.25, -0.2) is 0 Å². The molecular formula is C19H23N3O2S.